The number of hydrogen-bond donors (Lipinski definition) is 0. The number of ketones is 1. The minimum absolute atomic E-state index is 0.247. The van der Waals surface area contributed by atoms with Crippen LogP contribution in [0.15, 0.2) is 59.0 Å². The summed E-state index contributed by atoms with van der Waals surface area (Å²) in [5.41, 5.74) is 2.91. The molecule has 5 nitrogen and oxygen atoms in total. The number of Topliss-reactive ketones (excluding diaryl/α,β-unsaturated/α-hetero) is 1. The van der Waals surface area contributed by atoms with Crippen molar-refractivity contribution >= 4 is 28.9 Å². The lowest BCUT2D eigenvalue weighted by Crippen LogP contribution is -2.23. The average Bonchev–Trinajstić information content (AvgIpc) is 3.03. The molecule has 1 heterocycles. The standard InChI is InChI=1S/C20H17NO4/c1-13-7-9-15(10-8-13)20(23)14(2)24-19(22)12-11-18-21-16-5-3-4-6-17(16)25-18/h3-12,14H,1-2H3/b12-11+/t14-/m0/s1. The van der Waals surface area contributed by atoms with Crippen LogP contribution in [-0.2, 0) is 9.53 Å². The maximum atomic E-state index is 12.3. The van der Waals surface area contributed by atoms with Gasteiger partial charge in [-0.25, -0.2) is 9.78 Å². The van der Waals surface area contributed by atoms with E-state index in [0.29, 0.717) is 22.6 Å². The highest BCUT2D eigenvalue weighted by Crippen LogP contribution is 2.15. The van der Waals surface area contributed by atoms with Crippen molar-refractivity contribution in [2.24, 2.45) is 0 Å². The van der Waals surface area contributed by atoms with Gasteiger partial charge in [0, 0.05) is 17.7 Å². The van der Waals surface area contributed by atoms with Crippen LogP contribution in [0.25, 0.3) is 17.2 Å². The average molecular weight is 335 g/mol. The Morgan fingerprint density at radius 3 is 2.56 bits per heavy atom. The summed E-state index contributed by atoms with van der Waals surface area (Å²) in [6, 6.07) is 14.4. The summed E-state index contributed by atoms with van der Waals surface area (Å²) in [6.45, 7) is 3.49. The van der Waals surface area contributed by atoms with Crippen molar-refractivity contribution < 1.29 is 18.7 Å². The second-order valence-corrected chi connectivity index (χ2v) is 5.66. The molecule has 1 aromatic heterocycles. The van der Waals surface area contributed by atoms with Crippen LogP contribution in [0.3, 0.4) is 0 Å². The van der Waals surface area contributed by atoms with Gasteiger partial charge in [0.05, 0.1) is 0 Å². The van der Waals surface area contributed by atoms with Crippen LogP contribution >= 0.6 is 0 Å². The molecule has 0 aliphatic carbocycles. The van der Waals surface area contributed by atoms with Crippen molar-refractivity contribution in [1.29, 1.82) is 0 Å². The molecular formula is C20H17NO4. The third-order valence-electron chi connectivity index (χ3n) is 3.67. The first-order valence-corrected chi connectivity index (χ1v) is 7.88. The van der Waals surface area contributed by atoms with E-state index in [1.807, 2.05) is 37.3 Å². The highest BCUT2D eigenvalue weighted by Gasteiger charge is 2.18. The van der Waals surface area contributed by atoms with Gasteiger partial charge in [-0.05, 0) is 26.0 Å². The second kappa shape index (κ2) is 7.13. The van der Waals surface area contributed by atoms with Gasteiger partial charge < -0.3 is 9.15 Å². The van der Waals surface area contributed by atoms with Gasteiger partial charge in [0.15, 0.2) is 11.7 Å². The minimum atomic E-state index is -0.872. The lowest BCUT2D eigenvalue weighted by atomic mass is 10.1. The van der Waals surface area contributed by atoms with E-state index in [0.717, 1.165) is 5.56 Å². The number of aromatic nitrogens is 1. The molecular weight excluding hydrogens is 318 g/mol. The Morgan fingerprint density at radius 1 is 1.12 bits per heavy atom. The van der Waals surface area contributed by atoms with E-state index in [1.165, 1.54) is 12.2 Å². The van der Waals surface area contributed by atoms with E-state index >= 15 is 0 Å². The molecule has 0 radical (unpaired) electrons. The van der Waals surface area contributed by atoms with Crippen molar-refractivity contribution in [2.75, 3.05) is 0 Å². The van der Waals surface area contributed by atoms with Crippen molar-refractivity contribution in [2.45, 2.75) is 20.0 Å². The Balaban J connectivity index is 1.63. The largest absolute Gasteiger partial charge is 0.451 e. The van der Waals surface area contributed by atoms with Crippen LogP contribution in [0, 0.1) is 6.92 Å². The number of hydrogen-bond acceptors (Lipinski definition) is 5. The van der Waals surface area contributed by atoms with E-state index in [-0.39, 0.29) is 5.78 Å². The Kier molecular flexibility index (Phi) is 4.75. The van der Waals surface area contributed by atoms with E-state index in [9.17, 15) is 9.59 Å². The number of carbonyl (C=O) groups excluding carboxylic acids is 2. The maximum Gasteiger partial charge on any atom is 0.331 e. The van der Waals surface area contributed by atoms with Crippen LogP contribution in [-0.4, -0.2) is 22.8 Å². The summed E-state index contributed by atoms with van der Waals surface area (Å²) < 4.78 is 10.6. The number of para-hydroxylation sites is 2. The van der Waals surface area contributed by atoms with Crippen molar-refractivity contribution in [3.05, 3.63) is 71.6 Å². The summed E-state index contributed by atoms with van der Waals surface area (Å²) in [6.07, 6.45) is 1.75. The summed E-state index contributed by atoms with van der Waals surface area (Å²) >= 11 is 0. The maximum absolute atomic E-state index is 12.3. The number of esters is 1. The normalized spacial score (nSPS) is 12.4. The van der Waals surface area contributed by atoms with Gasteiger partial charge in [-0.3, -0.25) is 4.79 Å². The molecule has 0 unspecified atom stereocenters. The Labute approximate surface area is 144 Å². The minimum Gasteiger partial charge on any atom is -0.451 e. The highest BCUT2D eigenvalue weighted by atomic mass is 16.5. The summed E-state index contributed by atoms with van der Waals surface area (Å²) in [4.78, 5) is 28.4. The molecule has 5 heteroatoms. The summed E-state index contributed by atoms with van der Waals surface area (Å²) in [5, 5.41) is 0. The topological polar surface area (TPSA) is 69.4 Å². The van der Waals surface area contributed by atoms with Gasteiger partial charge in [0.25, 0.3) is 0 Å². The third kappa shape index (κ3) is 4.01. The molecule has 0 aliphatic rings. The quantitative estimate of drug-likeness (QED) is 0.401. The Bertz CT molecular complexity index is 905. The van der Waals surface area contributed by atoms with Gasteiger partial charge in [-0.15, -0.1) is 0 Å². The number of benzene rings is 2. The second-order valence-electron chi connectivity index (χ2n) is 5.66. The molecule has 0 saturated heterocycles. The number of aryl methyl sites for hydroxylation is 1. The molecule has 0 bridgehead atoms. The fraction of sp³-hybridized carbons (Fsp3) is 0.150. The molecule has 0 aliphatic heterocycles. The molecule has 3 rings (SSSR count). The predicted octanol–water partition coefficient (Wildman–Crippen LogP) is 3.96. The van der Waals surface area contributed by atoms with E-state index in [1.54, 1.807) is 25.1 Å². The predicted molar refractivity (Wildman–Crippen MR) is 94.1 cm³/mol. The van der Waals surface area contributed by atoms with Gasteiger partial charge in [-0.1, -0.05) is 42.0 Å². The van der Waals surface area contributed by atoms with E-state index in [4.69, 9.17) is 9.15 Å². The fourth-order valence-corrected chi connectivity index (χ4v) is 2.32. The van der Waals surface area contributed by atoms with Crippen LogP contribution in [0.2, 0.25) is 0 Å². The molecule has 0 N–H and O–H groups in total. The molecule has 25 heavy (non-hydrogen) atoms. The number of fused-ring (bicyclic) bond motifs is 1. The van der Waals surface area contributed by atoms with Gasteiger partial charge in [0.1, 0.15) is 5.52 Å². The zero-order valence-electron chi connectivity index (χ0n) is 13.9. The van der Waals surface area contributed by atoms with Crippen LogP contribution in [0.1, 0.15) is 28.7 Å². The molecule has 0 amide bonds. The van der Waals surface area contributed by atoms with Gasteiger partial charge >= 0.3 is 5.97 Å². The molecule has 0 spiro atoms. The highest BCUT2D eigenvalue weighted by molar-refractivity contribution is 6.01. The van der Waals surface area contributed by atoms with Crippen molar-refractivity contribution in [3.8, 4) is 0 Å². The molecule has 3 aromatic rings. The lowest BCUT2D eigenvalue weighted by molar-refractivity contribution is -0.140. The van der Waals surface area contributed by atoms with Crippen molar-refractivity contribution in [3.63, 3.8) is 0 Å². The number of nitrogens with zero attached hydrogens (tertiary/aromatic N) is 1. The van der Waals surface area contributed by atoms with Crippen LogP contribution in [0.4, 0.5) is 0 Å². The van der Waals surface area contributed by atoms with Crippen molar-refractivity contribution in [1.82, 2.24) is 4.98 Å². The Morgan fingerprint density at radius 2 is 1.84 bits per heavy atom. The lowest BCUT2D eigenvalue weighted by Gasteiger charge is -2.10. The van der Waals surface area contributed by atoms with Gasteiger partial charge in [-0.2, -0.15) is 0 Å². The van der Waals surface area contributed by atoms with Gasteiger partial charge in [0.2, 0.25) is 11.7 Å². The number of ether oxygens (including phenoxy) is 1. The monoisotopic (exact) mass is 335 g/mol. The molecule has 0 fully saturated rings. The molecule has 2 aromatic carbocycles. The first-order valence-electron chi connectivity index (χ1n) is 7.88. The molecule has 126 valence electrons. The van der Waals surface area contributed by atoms with E-state index in [2.05, 4.69) is 4.98 Å². The van der Waals surface area contributed by atoms with Crippen LogP contribution in [0.5, 0.6) is 0 Å². The first-order chi connectivity index (χ1) is 12.0. The Hall–Kier alpha value is -3.21. The van der Waals surface area contributed by atoms with E-state index < -0.39 is 12.1 Å². The molecule has 0 saturated carbocycles. The zero-order valence-corrected chi connectivity index (χ0v) is 13.9. The summed E-state index contributed by atoms with van der Waals surface area (Å²) in [7, 11) is 0. The number of rotatable bonds is 5. The third-order valence-corrected chi connectivity index (χ3v) is 3.67. The smallest absolute Gasteiger partial charge is 0.331 e. The zero-order chi connectivity index (χ0) is 17.8. The fourth-order valence-electron chi connectivity index (χ4n) is 2.32. The SMILES string of the molecule is Cc1ccc(C(=O)[C@H](C)OC(=O)/C=C/c2nc3ccccc3o2)cc1. The first kappa shape index (κ1) is 16.6. The molecule has 1 atom stereocenters. The summed E-state index contributed by atoms with van der Waals surface area (Å²) in [5.74, 6) is -0.575. The number of oxazole rings is 1. The van der Waals surface area contributed by atoms with Crippen LogP contribution < -0.4 is 0 Å². The number of carbonyl (C=O) groups is 2.